The summed E-state index contributed by atoms with van der Waals surface area (Å²) in [5.74, 6) is -0.943. The summed E-state index contributed by atoms with van der Waals surface area (Å²) in [7, 11) is 1.39. The first kappa shape index (κ1) is 17.0. The molecule has 1 rings (SSSR count). The number of imidazole rings is 1. The van der Waals surface area contributed by atoms with Crippen LogP contribution in [0.2, 0.25) is 0 Å². The molecular formula is C10H13BrN4O6. The van der Waals surface area contributed by atoms with Gasteiger partial charge in [-0.05, 0) is 4.92 Å². The maximum Gasteiger partial charge on any atom is 0.434 e. The molecular weight excluding hydrogens is 352 g/mol. The number of imide groups is 1. The monoisotopic (exact) mass is 364 g/mol. The highest BCUT2D eigenvalue weighted by molar-refractivity contribution is 9.09. The van der Waals surface area contributed by atoms with Crippen molar-refractivity contribution in [1.29, 1.82) is 0 Å². The Hall–Kier alpha value is -2.01. The maximum absolute atomic E-state index is 11.5. The van der Waals surface area contributed by atoms with Crippen LogP contribution in [0.25, 0.3) is 0 Å². The highest BCUT2D eigenvalue weighted by Crippen LogP contribution is 2.10. The van der Waals surface area contributed by atoms with Crippen molar-refractivity contribution in [2.24, 2.45) is 0 Å². The minimum atomic E-state index is -0.954. The zero-order chi connectivity index (χ0) is 15.8. The Morgan fingerprint density at radius 3 is 2.90 bits per heavy atom. The average molecular weight is 365 g/mol. The predicted molar refractivity (Wildman–Crippen MR) is 73.0 cm³/mol. The first-order chi connectivity index (χ1) is 9.97. The zero-order valence-corrected chi connectivity index (χ0v) is 12.6. The standard InChI is InChI=1S/C10H13BrN4O6/c1-20-6-7(21-10(17)13-8(16)4-11)5-14-3-2-12-9(14)15(18)19/h2-3,7H,4-6H2,1H3,(H,13,16,17)/t7-/m1/s1. The number of carbonyl (C=O) groups excluding carboxylic acids is 2. The van der Waals surface area contributed by atoms with Crippen LogP contribution in [0.4, 0.5) is 10.7 Å². The average Bonchev–Trinajstić information content (AvgIpc) is 2.86. The fourth-order valence-corrected chi connectivity index (χ4v) is 1.61. The third kappa shape index (κ3) is 5.47. The lowest BCUT2D eigenvalue weighted by molar-refractivity contribution is -0.397. The number of rotatable bonds is 7. The number of carbonyl (C=O) groups is 2. The molecule has 2 amide bonds. The van der Waals surface area contributed by atoms with Gasteiger partial charge in [-0.1, -0.05) is 20.9 Å². The Bertz CT molecular complexity index is 519. The Labute approximate surface area is 127 Å². The molecule has 21 heavy (non-hydrogen) atoms. The first-order valence-electron chi connectivity index (χ1n) is 5.68. The second-order valence-corrected chi connectivity index (χ2v) is 4.36. The Kier molecular flexibility index (Phi) is 6.75. The number of hydrogen-bond acceptors (Lipinski definition) is 7. The van der Waals surface area contributed by atoms with Gasteiger partial charge in [0.05, 0.1) is 11.9 Å². The SMILES string of the molecule is COC[C@@H](Cn1ccnc1[N+](=O)[O-])OC(=O)NC(=O)CBr. The number of ether oxygens (including phenoxy) is 2. The van der Waals surface area contributed by atoms with E-state index in [9.17, 15) is 19.7 Å². The Morgan fingerprint density at radius 1 is 1.62 bits per heavy atom. The van der Waals surface area contributed by atoms with Crippen molar-refractivity contribution >= 4 is 33.9 Å². The van der Waals surface area contributed by atoms with Gasteiger partial charge in [0.2, 0.25) is 5.91 Å². The molecule has 11 heteroatoms. The molecule has 0 aliphatic rings. The molecule has 0 aliphatic carbocycles. The Balaban J connectivity index is 2.69. The Morgan fingerprint density at radius 2 is 2.33 bits per heavy atom. The highest BCUT2D eigenvalue weighted by Gasteiger charge is 2.22. The van der Waals surface area contributed by atoms with E-state index in [4.69, 9.17) is 9.47 Å². The molecule has 0 saturated heterocycles. The number of nitrogens with zero attached hydrogens (tertiary/aromatic N) is 3. The lowest BCUT2D eigenvalue weighted by Crippen LogP contribution is -2.37. The van der Waals surface area contributed by atoms with Gasteiger partial charge in [-0.25, -0.2) is 9.36 Å². The van der Waals surface area contributed by atoms with Gasteiger partial charge >= 0.3 is 12.0 Å². The van der Waals surface area contributed by atoms with Gasteiger partial charge < -0.3 is 19.6 Å². The lowest BCUT2D eigenvalue weighted by atomic mass is 10.3. The van der Waals surface area contributed by atoms with Crippen LogP contribution in [0.1, 0.15) is 0 Å². The molecule has 1 atom stereocenters. The van der Waals surface area contributed by atoms with Crippen LogP contribution in [-0.2, 0) is 20.8 Å². The molecule has 0 spiro atoms. The van der Waals surface area contributed by atoms with E-state index >= 15 is 0 Å². The second kappa shape index (κ2) is 8.32. The van der Waals surface area contributed by atoms with E-state index in [1.54, 1.807) is 0 Å². The number of aromatic nitrogens is 2. The molecule has 0 unspecified atom stereocenters. The molecule has 0 bridgehead atoms. The van der Waals surface area contributed by atoms with Gasteiger partial charge in [-0.15, -0.1) is 0 Å². The van der Waals surface area contributed by atoms with Crippen LogP contribution < -0.4 is 5.32 Å². The normalized spacial score (nSPS) is 11.7. The molecule has 10 nitrogen and oxygen atoms in total. The molecule has 1 aromatic heterocycles. The molecule has 0 aromatic carbocycles. The van der Waals surface area contributed by atoms with E-state index < -0.39 is 23.0 Å². The third-order valence-electron chi connectivity index (χ3n) is 2.25. The van der Waals surface area contributed by atoms with Gasteiger partial charge in [-0.3, -0.25) is 10.1 Å². The van der Waals surface area contributed by atoms with Crippen LogP contribution in [0.15, 0.2) is 12.4 Å². The van der Waals surface area contributed by atoms with Gasteiger partial charge in [-0.2, -0.15) is 0 Å². The topological polar surface area (TPSA) is 126 Å². The lowest BCUT2D eigenvalue weighted by Gasteiger charge is -2.16. The van der Waals surface area contributed by atoms with E-state index in [0.717, 1.165) is 0 Å². The molecule has 1 N–H and O–H groups in total. The molecule has 0 radical (unpaired) electrons. The summed E-state index contributed by atoms with van der Waals surface area (Å²) >= 11 is 2.88. The molecule has 1 aromatic rings. The molecule has 1 heterocycles. The molecule has 116 valence electrons. The highest BCUT2D eigenvalue weighted by atomic mass is 79.9. The second-order valence-electron chi connectivity index (χ2n) is 3.80. The van der Waals surface area contributed by atoms with Crippen molar-refractivity contribution < 1.29 is 24.0 Å². The summed E-state index contributed by atoms with van der Waals surface area (Å²) in [6.07, 6.45) is 0.873. The van der Waals surface area contributed by atoms with Crippen LogP contribution in [0.5, 0.6) is 0 Å². The molecule has 0 aliphatic heterocycles. The van der Waals surface area contributed by atoms with Crippen LogP contribution in [0, 0.1) is 10.1 Å². The summed E-state index contributed by atoms with van der Waals surface area (Å²) in [5, 5.41) is 12.7. The van der Waals surface area contributed by atoms with E-state index in [2.05, 4.69) is 20.9 Å². The van der Waals surface area contributed by atoms with Crippen LogP contribution in [-0.4, -0.2) is 51.6 Å². The summed E-state index contributed by atoms with van der Waals surface area (Å²) in [4.78, 5) is 36.2. The smallest absolute Gasteiger partial charge is 0.434 e. The zero-order valence-electron chi connectivity index (χ0n) is 11.0. The van der Waals surface area contributed by atoms with Gasteiger partial charge in [0.1, 0.15) is 18.9 Å². The summed E-state index contributed by atoms with van der Waals surface area (Å²) < 4.78 is 11.1. The molecule has 0 fully saturated rings. The van der Waals surface area contributed by atoms with Crippen molar-refractivity contribution in [1.82, 2.24) is 14.9 Å². The number of hydrogen-bond donors (Lipinski definition) is 1. The van der Waals surface area contributed by atoms with E-state index in [-0.39, 0.29) is 24.4 Å². The minimum absolute atomic E-state index is 0.00522. The predicted octanol–water partition coefficient (Wildman–Crippen LogP) is 0.454. The summed E-state index contributed by atoms with van der Waals surface area (Å²) in [5.41, 5.74) is 0. The maximum atomic E-state index is 11.5. The van der Waals surface area contributed by atoms with E-state index in [1.807, 2.05) is 5.32 Å². The summed E-state index contributed by atoms with van der Waals surface area (Å²) in [6, 6.07) is 0. The van der Waals surface area contributed by atoms with Crippen molar-refractivity contribution in [2.75, 3.05) is 19.0 Å². The number of methoxy groups -OCH3 is 1. The number of halogens is 1. The molecule has 0 saturated carbocycles. The summed E-state index contributed by atoms with van der Waals surface area (Å²) in [6.45, 7) is -0.0225. The number of amides is 2. The van der Waals surface area contributed by atoms with Crippen molar-refractivity contribution in [3.8, 4) is 0 Å². The first-order valence-corrected chi connectivity index (χ1v) is 6.81. The third-order valence-corrected chi connectivity index (χ3v) is 2.76. The van der Waals surface area contributed by atoms with Gasteiger partial charge in [0.25, 0.3) is 0 Å². The van der Waals surface area contributed by atoms with Gasteiger partial charge in [0, 0.05) is 7.11 Å². The minimum Gasteiger partial charge on any atom is -0.440 e. The van der Waals surface area contributed by atoms with Gasteiger partial charge in [0.15, 0.2) is 6.10 Å². The van der Waals surface area contributed by atoms with Crippen molar-refractivity contribution in [3.05, 3.63) is 22.5 Å². The largest absolute Gasteiger partial charge is 0.440 e. The number of alkyl carbamates (subject to hydrolysis) is 1. The van der Waals surface area contributed by atoms with Crippen molar-refractivity contribution in [3.63, 3.8) is 0 Å². The fourth-order valence-electron chi connectivity index (χ4n) is 1.47. The van der Waals surface area contributed by atoms with Crippen molar-refractivity contribution in [2.45, 2.75) is 12.6 Å². The van der Waals surface area contributed by atoms with Crippen LogP contribution >= 0.6 is 15.9 Å². The van der Waals surface area contributed by atoms with E-state index in [0.29, 0.717) is 0 Å². The number of alkyl halides is 1. The van der Waals surface area contributed by atoms with Crippen LogP contribution in [0.3, 0.4) is 0 Å². The quantitative estimate of drug-likeness (QED) is 0.422. The number of nitrogens with one attached hydrogen (secondary N) is 1. The fraction of sp³-hybridized carbons (Fsp3) is 0.500. The number of nitro groups is 1. The van der Waals surface area contributed by atoms with E-state index in [1.165, 1.54) is 24.1 Å².